The molecule has 1 N–H and O–H groups in total. The highest BCUT2D eigenvalue weighted by molar-refractivity contribution is 7.99. The lowest BCUT2D eigenvalue weighted by Gasteiger charge is -2.38. The molecule has 1 rings (SSSR count). The van der Waals surface area contributed by atoms with E-state index in [-0.39, 0.29) is 0 Å². The summed E-state index contributed by atoms with van der Waals surface area (Å²) in [5, 5.41) is 3.75. The lowest BCUT2D eigenvalue weighted by atomic mass is 9.99. The molecule has 0 aromatic rings. The zero-order valence-electron chi connectivity index (χ0n) is 14.7. The fourth-order valence-corrected chi connectivity index (χ4v) is 4.63. The maximum atomic E-state index is 3.75. The Bertz CT molecular complexity index is 235. The van der Waals surface area contributed by atoms with Crippen LogP contribution in [-0.4, -0.2) is 48.6 Å². The predicted octanol–water partition coefficient (Wildman–Crippen LogP) is 4.54. The molecule has 1 aliphatic rings. The van der Waals surface area contributed by atoms with Crippen molar-refractivity contribution in [1.29, 1.82) is 0 Å². The molecule has 3 heteroatoms. The molecule has 2 nitrogen and oxygen atoms in total. The van der Waals surface area contributed by atoms with Gasteiger partial charge in [0.15, 0.2) is 0 Å². The van der Waals surface area contributed by atoms with Crippen LogP contribution in [0.3, 0.4) is 0 Å². The molecule has 0 bridgehead atoms. The molecular weight excluding hydrogens is 276 g/mol. The van der Waals surface area contributed by atoms with Crippen LogP contribution in [0.25, 0.3) is 0 Å². The first-order chi connectivity index (χ1) is 10.3. The Labute approximate surface area is 137 Å². The smallest absolute Gasteiger partial charge is 0.0337 e. The van der Waals surface area contributed by atoms with Crippen molar-refractivity contribution in [2.24, 2.45) is 0 Å². The molecule has 1 fully saturated rings. The van der Waals surface area contributed by atoms with Gasteiger partial charge < -0.3 is 10.2 Å². The zero-order valence-corrected chi connectivity index (χ0v) is 15.5. The summed E-state index contributed by atoms with van der Waals surface area (Å²) in [4.78, 5) is 2.58. The number of unbranched alkanes of at least 4 members (excludes halogenated alkanes) is 7. The predicted molar refractivity (Wildman–Crippen MR) is 98.4 cm³/mol. The molecular formula is C18H38N2S. The van der Waals surface area contributed by atoms with E-state index in [4.69, 9.17) is 0 Å². The van der Waals surface area contributed by atoms with E-state index < -0.39 is 0 Å². The monoisotopic (exact) mass is 314 g/mol. The third-order valence-corrected chi connectivity index (χ3v) is 5.79. The molecule has 1 aliphatic heterocycles. The number of thioether (sulfide) groups is 1. The quantitative estimate of drug-likeness (QED) is 0.532. The van der Waals surface area contributed by atoms with Crippen molar-refractivity contribution in [3.05, 3.63) is 0 Å². The summed E-state index contributed by atoms with van der Waals surface area (Å²) in [7, 11) is 2.31. The third-order valence-electron chi connectivity index (χ3n) is 4.74. The number of rotatable bonds is 12. The highest BCUT2D eigenvalue weighted by atomic mass is 32.2. The minimum absolute atomic E-state index is 0.702. The van der Waals surface area contributed by atoms with Crippen LogP contribution in [-0.2, 0) is 0 Å². The second-order valence-corrected chi connectivity index (χ2v) is 7.70. The highest BCUT2D eigenvalue weighted by Crippen LogP contribution is 2.21. The minimum atomic E-state index is 0.702. The number of nitrogens with one attached hydrogen (secondary N) is 1. The maximum absolute atomic E-state index is 3.75. The molecule has 2 unspecified atom stereocenters. The number of hydrogen-bond donors (Lipinski definition) is 1. The second-order valence-electron chi connectivity index (χ2n) is 6.55. The van der Waals surface area contributed by atoms with Gasteiger partial charge in [0.2, 0.25) is 0 Å². The molecule has 1 heterocycles. The van der Waals surface area contributed by atoms with Crippen molar-refractivity contribution in [2.75, 3.05) is 31.6 Å². The van der Waals surface area contributed by atoms with Crippen molar-refractivity contribution in [1.82, 2.24) is 10.2 Å². The second kappa shape index (κ2) is 12.8. The van der Waals surface area contributed by atoms with E-state index in [9.17, 15) is 0 Å². The van der Waals surface area contributed by atoms with Crippen molar-refractivity contribution in [3.8, 4) is 0 Å². The van der Waals surface area contributed by atoms with E-state index in [1.807, 2.05) is 0 Å². The first kappa shape index (κ1) is 19.3. The molecule has 0 aromatic carbocycles. The van der Waals surface area contributed by atoms with Gasteiger partial charge in [0.05, 0.1) is 0 Å². The number of nitrogens with zero attached hydrogens (tertiary/aromatic N) is 1. The Hall–Kier alpha value is 0.270. The van der Waals surface area contributed by atoms with E-state index >= 15 is 0 Å². The van der Waals surface area contributed by atoms with Crippen molar-refractivity contribution < 1.29 is 0 Å². The van der Waals surface area contributed by atoms with Crippen LogP contribution in [0.15, 0.2) is 0 Å². The summed E-state index contributed by atoms with van der Waals surface area (Å²) in [5.74, 6) is 2.62. The van der Waals surface area contributed by atoms with Gasteiger partial charge in [0.25, 0.3) is 0 Å². The van der Waals surface area contributed by atoms with Crippen LogP contribution >= 0.6 is 11.8 Å². The first-order valence-electron chi connectivity index (χ1n) is 9.31. The molecule has 0 amide bonds. The normalized spacial score (nSPS) is 21.6. The van der Waals surface area contributed by atoms with Crippen LogP contribution < -0.4 is 5.32 Å². The topological polar surface area (TPSA) is 15.3 Å². The van der Waals surface area contributed by atoms with Crippen LogP contribution in [0.4, 0.5) is 0 Å². The standard InChI is InChI=1S/C18H38N2S/c1-4-6-7-8-9-10-11-12-13-17(19-5-2)18-16-21-15-14-20(18)3/h17-19H,4-16H2,1-3H3. The summed E-state index contributed by atoms with van der Waals surface area (Å²) in [6.45, 7) is 6.91. The summed E-state index contributed by atoms with van der Waals surface area (Å²) in [6, 6.07) is 1.45. The molecule has 2 atom stereocenters. The molecule has 21 heavy (non-hydrogen) atoms. The lowest BCUT2D eigenvalue weighted by Crippen LogP contribution is -2.52. The van der Waals surface area contributed by atoms with E-state index in [1.165, 1.54) is 75.8 Å². The molecule has 0 spiro atoms. The fourth-order valence-electron chi connectivity index (χ4n) is 3.32. The Morgan fingerprint density at radius 3 is 2.33 bits per heavy atom. The van der Waals surface area contributed by atoms with Gasteiger partial charge in [-0.3, -0.25) is 0 Å². The molecule has 0 aromatic heterocycles. The summed E-state index contributed by atoms with van der Waals surface area (Å²) >= 11 is 2.13. The highest BCUT2D eigenvalue weighted by Gasteiger charge is 2.26. The first-order valence-corrected chi connectivity index (χ1v) is 10.5. The Kier molecular flexibility index (Phi) is 11.8. The molecule has 126 valence electrons. The van der Waals surface area contributed by atoms with Crippen LogP contribution in [0, 0.1) is 0 Å². The van der Waals surface area contributed by atoms with Gasteiger partial charge in [-0.25, -0.2) is 0 Å². The van der Waals surface area contributed by atoms with Crippen molar-refractivity contribution in [2.45, 2.75) is 83.7 Å². The fraction of sp³-hybridized carbons (Fsp3) is 1.00. The summed E-state index contributed by atoms with van der Waals surface area (Å²) in [5.41, 5.74) is 0. The molecule has 1 saturated heterocycles. The van der Waals surface area contributed by atoms with Gasteiger partial charge in [-0.1, -0.05) is 65.2 Å². The van der Waals surface area contributed by atoms with Gasteiger partial charge in [0.1, 0.15) is 0 Å². The van der Waals surface area contributed by atoms with Gasteiger partial charge in [0, 0.05) is 30.1 Å². The molecule has 0 saturated carbocycles. The van der Waals surface area contributed by atoms with E-state index in [1.54, 1.807) is 0 Å². The molecule has 0 radical (unpaired) electrons. The van der Waals surface area contributed by atoms with E-state index in [0.29, 0.717) is 6.04 Å². The van der Waals surface area contributed by atoms with E-state index in [2.05, 4.69) is 42.9 Å². The van der Waals surface area contributed by atoms with Crippen LogP contribution in [0.2, 0.25) is 0 Å². The van der Waals surface area contributed by atoms with Gasteiger partial charge >= 0.3 is 0 Å². The third kappa shape index (κ3) is 8.47. The van der Waals surface area contributed by atoms with Gasteiger partial charge in [-0.05, 0) is 20.0 Å². The van der Waals surface area contributed by atoms with Gasteiger partial charge in [-0.2, -0.15) is 11.8 Å². The Balaban J connectivity index is 2.13. The molecule has 0 aliphatic carbocycles. The largest absolute Gasteiger partial charge is 0.313 e. The summed E-state index contributed by atoms with van der Waals surface area (Å²) in [6.07, 6.45) is 12.8. The average molecular weight is 315 g/mol. The average Bonchev–Trinajstić information content (AvgIpc) is 2.49. The number of likely N-dealkylation sites (N-methyl/N-ethyl adjacent to an activating group) is 2. The number of hydrogen-bond acceptors (Lipinski definition) is 3. The van der Waals surface area contributed by atoms with Gasteiger partial charge in [-0.15, -0.1) is 0 Å². The van der Waals surface area contributed by atoms with Crippen molar-refractivity contribution >= 4 is 11.8 Å². The minimum Gasteiger partial charge on any atom is -0.313 e. The SMILES string of the molecule is CCCCCCCCCCC(NCC)C1CSCCN1C. The Morgan fingerprint density at radius 1 is 1.05 bits per heavy atom. The van der Waals surface area contributed by atoms with Crippen molar-refractivity contribution in [3.63, 3.8) is 0 Å². The maximum Gasteiger partial charge on any atom is 0.0337 e. The summed E-state index contributed by atoms with van der Waals surface area (Å²) < 4.78 is 0. The van der Waals surface area contributed by atoms with Crippen LogP contribution in [0.1, 0.15) is 71.6 Å². The lowest BCUT2D eigenvalue weighted by molar-refractivity contribution is 0.207. The van der Waals surface area contributed by atoms with Crippen LogP contribution in [0.5, 0.6) is 0 Å². The van der Waals surface area contributed by atoms with E-state index in [0.717, 1.165) is 12.6 Å². The zero-order chi connectivity index (χ0) is 15.3. The Morgan fingerprint density at radius 2 is 1.71 bits per heavy atom.